The van der Waals surface area contributed by atoms with E-state index in [0.29, 0.717) is 6.61 Å². The lowest BCUT2D eigenvalue weighted by molar-refractivity contribution is 0.341. The van der Waals surface area contributed by atoms with Gasteiger partial charge in [0.1, 0.15) is 5.75 Å². The largest absolute Gasteiger partial charge is 0.493 e. The number of aromatic nitrogens is 1. The van der Waals surface area contributed by atoms with Gasteiger partial charge in [0.05, 0.1) is 6.61 Å². The first-order valence-electron chi connectivity index (χ1n) is 7.84. The van der Waals surface area contributed by atoms with E-state index in [1.807, 2.05) is 25.3 Å². The number of benzene rings is 2. The van der Waals surface area contributed by atoms with Crippen LogP contribution in [0.15, 0.2) is 48.7 Å². The molecule has 0 bridgehead atoms. The van der Waals surface area contributed by atoms with Crippen LogP contribution >= 0.6 is 0 Å². The summed E-state index contributed by atoms with van der Waals surface area (Å²) >= 11 is 0. The molecule has 114 valence electrons. The Bertz CT molecular complexity index is 793. The van der Waals surface area contributed by atoms with Crippen molar-refractivity contribution in [2.45, 2.75) is 33.1 Å². The number of nitrogens with one attached hydrogen (secondary N) is 1. The molecule has 0 spiro atoms. The molecule has 3 aromatic rings. The van der Waals surface area contributed by atoms with Crippen LogP contribution in [0.4, 0.5) is 0 Å². The highest BCUT2D eigenvalue weighted by atomic mass is 16.5. The van der Waals surface area contributed by atoms with Crippen LogP contribution in [-0.2, 0) is 5.41 Å². The van der Waals surface area contributed by atoms with Crippen molar-refractivity contribution in [1.29, 1.82) is 0 Å². The van der Waals surface area contributed by atoms with E-state index in [4.69, 9.17) is 4.74 Å². The van der Waals surface area contributed by atoms with Crippen LogP contribution in [0.1, 0.15) is 33.3 Å². The van der Waals surface area contributed by atoms with Gasteiger partial charge in [0.2, 0.25) is 0 Å². The highest BCUT2D eigenvalue weighted by Gasteiger charge is 2.21. The number of fused-ring (bicyclic) bond motifs is 1. The first-order chi connectivity index (χ1) is 10.5. The molecule has 0 aliphatic rings. The Morgan fingerprint density at radius 1 is 1.00 bits per heavy atom. The standard InChI is InChI=1S/C20H23NO/c1-5-22-19-9-7-6-8-15(19)16-12-14-10-11-21-18(14)13-17(16)20(2,3)4/h6-13,21H,5H2,1-4H3. The molecular formula is C20H23NO. The summed E-state index contributed by atoms with van der Waals surface area (Å²) in [7, 11) is 0. The van der Waals surface area contributed by atoms with E-state index in [2.05, 4.69) is 56.1 Å². The molecule has 1 heterocycles. The third kappa shape index (κ3) is 2.61. The van der Waals surface area contributed by atoms with Crippen molar-refractivity contribution in [3.05, 3.63) is 54.2 Å². The fourth-order valence-corrected chi connectivity index (χ4v) is 2.91. The molecule has 2 aromatic carbocycles. The summed E-state index contributed by atoms with van der Waals surface area (Å²) in [6, 6.07) is 15.0. The molecule has 0 aliphatic carbocycles. The lowest BCUT2D eigenvalue weighted by Gasteiger charge is -2.24. The van der Waals surface area contributed by atoms with E-state index in [1.54, 1.807) is 0 Å². The van der Waals surface area contributed by atoms with Gasteiger partial charge >= 0.3 is 0 Å². The first-order valence-corrected chi connectivity index (χ1v) is 7.84. The monoisotopic (exact) mass is 293 g/mol. The van der Waals surface area contributed by atoms with E-state index in [9.17, 15) is 0 Å². The number of hydrogen-bond acceptors (Lipinski definition) is 1. The van der Waals surface area contributed by atoms with Gasteiger partial charge < -0.3 is 9.72 Å². The maximum Gasteiger partial charge on any atom is 0.127 e. The minimum Gasteiger partial charge on any atom is -0.493 e. The number of para-hydroxylation sites is 1. The van der Waals surface area contributed by atoms with E-state index in [1.165, 1.54) is 22.0 Å². The maximum absolute atomic E-state index is 5.84. The average molecular weight is 293 g/mol. The van der Waals surface area contributed by atoms with Gasteiger partial charge in [-0.05, 0) is 53.1 Å². The summed E-state index contributed by atoms with van der Waals surface area (Å²) in [6.45, 7) is 9.46. The second-order valence-corrected chi connectivity index (χ2v) is 6.64. The molecule has 22 heavy (non-hydrogen) atoms. The van der Waals surface area contributed by atoms with Crippen molar-refractivity contribution in [2.75, 3.05) is 6.61 Å². The third-order valence-electron chi connectivity index (χ3n) is 3.98. The van der Waals surface area contributed by atoms with Crippen LogP contribution in [0.25, 0.3) is 22.0 Å². The van der Waals surface area contributed by atoms with Gasteiger partial charge in [-0.15, -0.1) is 0 Å². The third-order valence-corrected chi connectivity index (χ3v) is 3.98. The molecule has 3 rings (SSSR count). The van der Waals surface area contributed by atoms with Crippen LogP contribution < -0.4 is 4.74 Å². The van der Waals surface area contributed by atoms with Crippen LogP contribution in [0, 0.1) is 0 Å². The number of rotatable bonds is 3. The van der Waals surface area contributed by atoms with Gasteiger partial charge in [-0.1, -0.05) is 39.0 Å². The molecule has 2 nitrogen and oxygen atoms in total. The predicted molar refractivity (Wildman–Crippen MR) is 93.6 cm³/mol. The molecule has 2 heteroatoms. The van der Waals surface area contributed by atoms with Crippen molar-refractivity contribution in [1.82, 2.24) is 4.98 Å². The van der Waals surface area contributed by atoms with Gasteiger partial charge in [0, 0.05) is 17.3 Å². The fourth-order valence-electron chi connectivity index (χ4n) is 2.91. The first kappa shape index (κ1) is 14.7. The van der Waals surface area contributed by atoms with Gasteiger partial charge in [0.15, 0.2) is 0 Å². The highest BCUT2D eigenvalue weighted by Crippen LogP contribution is 2.39. The molecule has 1 N–H and O–H groups in total. The Morgan fingerprint density at radius 3 is 2.50 bits per heavy atom. The molecule has 0 saturated heterocycles. The Hall–Kier alpha value is -2.22. The average Bonchev–Trinajstić information content (AvgIpc) is 2.93. The van der Waals surface area contributed by atoms with Crippen LogP contribution in [0.2, 0.25) is 0 Å². The summed E-state index contributed by atoms with van der Waals surface area (Å²) in [5.74, 6) is 0.949. The second-order valence-electron chi connectivity index (χ2n) is 6.64. The second kappa shape index (κ2) is 5.53. The van der Waals surface area contributed by atoms with Crippen LogP contribution in [-0.4, -0.2) is 11.6 Å². The maximum atomic E-state index is 5.84. The zero-order valence-electron chi connectivity index (χ0n) is 13.7. The molecule has 0 aliphatic heterocycles. The fraction of sp³-hybridized carbons (Fsp3) is 0.300. The van der Waals surface area contributed by atoms with Gasteiger partial charge in [0.25, 0.3) is 0 Å². The quantitative estimate of drug-likeness (QED) is 0.674. The zero-order valence-corrected chi connectivity index (χ0v) is 13.7. The molecule has 0 atom stereocenters. The van der Waals surface area contributed by atoms with Crippen molar-refractivity contribution in [2.24, 2.45) is 0 Å². The number of hydrogen-bond donors (Lipinski definition) is 1. The van der Waals surface area contributed by atoms with Gasteiger partial charge in [-0.25, -0.2) is 0 Å². The number of ether oxygens (including phenoxy) is 1. The molecule has 0 radical (unpaired) electrons. The van der Waals surface area contributed by atoms with Crippen LogP contribution in [0.3, 0.4) is 0 Å². The molecule has 0 fully saturated rings. The number of H-pyrrole nitrogens is 1. The number of aromatic amines is 1. The van der Waals surface area contributed by atoms with Gasteiger partial charge in [-0.2, -0.15) is 0 Å². The summed E-state index contributed by atoms with van der Waals surface area (Å²) in [5, 5.41) is 1.23. The lowest BCUT2D eigenvalue weighted by Crippen LogP contribution is -2.13. The summed E-state index contributed by atoms with van der Waals surface area (Å²) in [4.78, 5) is 3.32. The lowest BCUT2D eigenvalue weighted by atomic mass is 9.81. The van der Waals surface area contributed by atoms with Crippen molar-refractivity contribution >= 4 is 10.9 Å². The Balaban J connectivity index is 2.29. The molecule has 0 unspecified atom stereocenters. The topological polar surface area (TPSA) is 25.0 Å². The van der Waals surface area contributed by atoms with E-state index >= 15 is 0 Å². The van der Waals surface area contributed by atoms with Gasteiger partial charge in [-0.3, -0.25) is 0 Å². The molecule has 0 amide bonds. The van der Waals surface area contributed by atoms with E-state index < -0.39 is 0 Å². The zero-order chi connectivity index (χ0) is 15.7. The smallest absolute Gasteiger partial charge is 0.127 e. The predicted octanol–water partition coefficient (Wildman–Crippen LogP) is 5.53. The highest BCUT2D eigenvalue weighted by molar-refractivity contribution is 5.89. The van der Waals surface area contributed by atoms with Crippen LogP contribution in [0.5, 0.6) is 5.75 Å². The molecule has 1 aromatic heterocycles. The Morgan fingerprint density at radius 2 is 1.77 bits per heavy atom. The minimum atomic E-state index is 0.0635. The van der Waals surface area contributed by atoms with Crippen molar-refractivity contribution in [3.8, 4) is 16.9 Å². The SMILES string of the molecule is CCOc1ccccc1-c1cc2cc[nH]c2cc1C(C)(C)C. The Labute approximate surface area is 132 Å². The van der Waals surface area contributed by atoms with E-state index in [-0.39, 0.29) is 5.41 Å². The van der Waals surface area contributed by atoms with Crippen molar-refractivity contribution < 1.29 is 4.74 Å². The summed E-state index contributed by atoms with van der Waals surface area (Å²) in [6.07, 6.45) is 2.00. The normalized spacial score (nSPS) is 11.8. The molecule has 0 saturated carbocycles. The summed E-state index contributed by atoms with van der Waals surface area (Å²) in [5.41, 5.74) is 4.99. The Kier molecular flexibility index (Phi) is 3.69. The molecular weight excluding hydrogens is 270 g/mol. The van der Waals surface area contributed by atoms with Crippen molar-refractivity contribution in [3.63, 3.8) is 0 Å². The summed E-state index contributed by atoms with van der Waals surface area (Å²) < 4.78 is 5.84. The van der Waals surface area contributed by atoms with E-state index in [0.717, 1.165) is 11.3 Å². The minimum absolute atomic E-state index is 0.0635.